The molecule has 0 bridgehead atoms. The van der Waals surface area contributed by atoms with Gasteiger partial charge >= 0.3 is 0 Å². The maximum atomic E-state index is 14.0. The van der Waals surface area contributed by atoms with Crippen LogP contribution in [0.1, 0.15) is 67.1 Å². The fraction of sp³-hybridized carbons (Fsp3) is 0.469. The molecule has 1 aliphatic carbocycles. The molecule has 0 saturated carbocycles. The zero-order valence-corrected chi connectivity index (χ0v) is 24.6. The summed E-state index contributed by atoms with van der Waals surface area (Å²) in [5, 5.41) is 3.50. The Kier molecular flexibility index (Phi) is 8.45. The summed E-state index contributed by atoms with van der Waals surface area (Å²) in [6, 6.07) is 14.9. The Morgan fingerprint density at radius 1 is 1.11 bits per heavy atom. The molecule has 0 spiro atoms. The third-order valence-electron chi connectivity index (χ3n) is 7.10. The lowest BCUT2D eigenvalue weighted by Gasteiger charge is -2.28. The number of benzene rings is 2. The molecule has 0 fully saturated rings. The molecule has 1 N–H and O–H groups in total. The molecule has 4 nitrogen and oxygen atoms in total. The SMILES string of the molecule is CC(C)(C)c1ccc(CN(CCC2=CCC(O[Si](C)(C)C)C=C2)C(=O)c2cccc3c2NCCC3)cc1. The van der Waals surface area contributed by atoms with Crippen LogP contribution in [0.3, 0.4) is 0 Å². The number of hydrogen-bond donors (Lipinski definition) is 1. The van der Waals surface area contributed by atoms with Crippen molar-refractivity contribution in [2.24, 2.45) is 0 Å². The highest BCUT2D eigenvalue weighted by Crippen LogP contribution is 2.29. The number of carbonyl (C=O) groups excluding carboxylic acids is 1. The van der Waals surface area contributed by atoms with E-state index in [1.54, 1.807) is 0 Å². The quantitative estimate of drug-likeness (QED) is 0.370. The minimum absolute atomic E-state index is 0.103. The van der Waals surface area contributed by atoms with Crippen molar-refractivity contribution in [2.45, 2.75) is 84.2 Å². The van der Waals surface area contributed by atoms with Crippen LogP contribution in [0.25, 0.3) is 0 Å². The number of anilines is 1. The summed E-state index contributed by atoms with van der Waals surface area (Å²) in [5.74, 6) is 0.103. The Hall–Kier alpha value is -2.63. The molecular formula is C32H44N2O2Si. The number of carbonyl (C=O) groups is 1. The van der Waals surface area contributed by atoms with E-state index >= 15 is 0 Å². The van der Waals surface area contributed by atoms with Gasteiger partial charge in [0.25, 0.3) is 5.91 Å². The first-order valence-corrected chi connectivity index (χ1v) is 17.2. The normalized spacial score (nSPS) is 17.6. The lowest BCUT2D eigenvalue weighted by atomic mass is 9.86. The van der Waals surface area contributed by atoms with E-state index in [4.69, 9.17) is 4.43 Å². The van der Waals surface area contributed by atoms with E-state index in [-0.39, 0.29) is 17.4 Å². The highest BCUT2D eigenvalue weighted by molar-refractivity contribution is 6.69. The monoisotopic (exact) mass is 516 g/mol. The predicted octanol–water partition coefficient (Wildman–Crippen LogP) is 7.48. The third-order valence-corrected chi connectivity index (χ3v) is 8.11. The van der Waals surface area contributed by atoms with Gasteiger partial charge in [-0.05, 0) is 73.5 Å². The molecule has 0 aromatic heterocycles. The van der Waals surface area contributed by atoms with Crippen molar-refractivity contribution in [3.63, 3.8) is 0 Å². The number of para-hydroxylation sites is 1. The molecule has 2 aromatic carbocycles. The van der Waals surface area contributed by atoms with E-state index < -0.39 is 8.32 Å². The molecule has 1 heterocycles. The standard InChI is InChI=1S/C32H44N2O2Si/c1-32(2,3)27-16-12-25(13-17-27)23-34(22-20-24-14-18-28(19-15-24)36-37(4,5)6)31(35)29-11-7-9-26-10-8-21-33-30(26)29/h7,9,11-18,28,33H,8,10,19-23H2,1-6H3. The maximum Gasteiger partial charge on any atom is 0.256 e. The molecule has 2 aromatic rings. The Balaban J connectivity index is 1.52. The fourth-order valence-electron chi connectivity index (χ4n) is 5.08. The van der Waals surface area contributed by atoms with Crippen LogP contribution in [0.4, 0.5) is 5.69 Å². The van der Waals surface area contributed by atoms with Gasteiger partial charge < -0.3 is 14.6 Å². The second kappa shape index (κ2) is 11.4. The number of rotatable bonds is 8. The van der Waals surface area contributed by atoms with E-state index in [9.17, 15) is 4.79 Å². The van der Waals surface area contributed by atoms with Crippen LogP contribution in [0.5, 0.6) is 0 Å². The Labute approximate surface area is 224 Å². The van der Waals surface area contributed by atoms with Gasteiger partial charge in [-0.1, -0.05) is 81.0 Å². The van der Waals surface area contributed by atoms with Gasteiger partial charge in [0.2, 0.25) is 0 Å². The number of nitrogens with zero attached hydrogens (tertiary/aromatic N) is 1. The lowest BCUT2D eigenvalue weighted by Crippen LogP contribution is -2.33. The first-order valence-electron chi connectivity index (χ1n) is 13.8. The van der Waals surface area contributed by atoms with E-state index in [2.05, 4.69) is 94.3 Å². The summed E-state index contributed by atoms with van der Waals surface area (Å²) in [6.07, 6.45) is 10.7. The van der Waals surface area contributed by atoms with Gasteiger partial charge in [0, 0.05) is 19.6 Å². The van der Waals surface area contributed by atoms with Crippen molar-refractivity contribution in [3.8, 4) is 0 Å². The Bertz CT molecular complexity index is 1150. The molecule has 1 atom stereocenters. The van der Waals surface area contributed by atoms with Crippen molar-refractivity contribution in [1.29, 1.82) is 0 Å². The lowest BCUT2D eigenvalue weighted by molar-refractivity contribution is 0.0746. The van der Waals surface area contributed by atoms with Gasteiger partial charge in [0.1, 0.15) is 0 Å². The highest BCUT2D eigenvalue weighted by Gasteiger charge is 2.24. The number of nitrogens with one attached hydrogen (secondary N) is 1. The first kappa shape index (κ1) is 27.4. The van der Waals surface area contributed by atoms with Crippen molar-refractivity contribution >= 4 is 19.9 Å². The second-order valence-corrected chi connectivity index (χ2v) is 16.9. The van der Waals surface area contributed by atoms with Gasteiger partial charge in [0.05, 0.1) is 17.4 Å². The molecule has 198 valence electrons. The van der Waals surface area contributed by atoms with Gasteiger partial charge in [-0.2, -0.15) is 0 Å². The van der Waals surface area contributed by atoms with E-state index in [1.807, 2.05) is 17.0 Å². The smallest absolute Gasteiger partial charge is 0.256 e. The zero-order chi connectivity index (χ0) is 26.6. The molecule has 5 heteroatoms. The molecule has 0 radical (unpaired) electrons. The van der Waals surface area contributed by atoms with Gasteiger partial charge in [0.15, 0.2) is 8.32 Å². The number of amides is 1. The van der Waals surface area contributed by atoms with Gasteiger partial charge in [-0.15, -0.1) is 0 Å². The molecule has 4 rings (SSSR count). The summed E-state index contributed by atoms with van der Waals surface area (Å²) in [7, 11) is -1.57. The van der Waals surface area contributed by atoms with Crippen LogP contribution >= 0.6 is 0 Å². The molecular weight excluding hydrogens is 472 g/mol. The van der Waals surface area contributed by atoms with Crippen LogP contribution in [-0.4, -0.2) is 38.3 Å². The summed E-state index contributed by atoms with van der Waals surface area (Å²) < 4.78 is 6.25. The minimum atomic E-state index is -1.57. The third kappa shape index (κ3) is 7.45. The molecule has 1 amide bonds. The fourth-order valence-corrected chi connectivity index (χ4v) is 6.16. The van der Waals surface area contributed by atoms with Crippen molar-refractivity contribution in [2.75, 3.05) is 18.4 Å². The van der Waals surface area contributed by atoms with Crippen molar-refractivity contribution < 1.29 is 9.22 Å². The van der Waals surface area contributed by atoms with Crippen LogP contribution in [-0.2, 0) is 22.8 Å². The van der Waals surface area contributed by atoms with Crippen LogP contribution in [0.15, 0.2) is 66.3 Å². The maximum absolute atomic E-state index is 14.0. The summed E-state index contributed by atoms with van der Waals surface area (Å²) in [5.41, 5.74) is 6.93. The Morgan fingerprint density at radius 2 is 1.86 bits per heavy atom. The van der Waals surface area contributed by atoms with Crippen molar-refractivity contribution in [1.82, 2.24) is 4.90 Å². The van der Waals surface area contributed by atoms with E-state index in [0.29, 0.717) is 13.1 Å². The number of allylic oxidation sites excluding steroid dienone is 1. The van der Waals surface area contributed by atoms with Crippen LogP contribution in [0, 0.1) is 0 Å². The highest BCUT2D eigenvalue weighted by atomic mass is 28.4. The molecule has 37 heavy (non-hydrogen) atoms. The topological polar surface area (TPSA) is 41.6 Å². The van der Waals surface area contributed by atoms with Crippen LogP contribution < -0.4 is 5.32 Å². The summed E-state index contributed by atoms with van der Waals surface area (Å²) >= 11 is 0. The summed E-state index contributed by atoms with van der Waals surface area (Å²) in [6.45, 7) is 15.6. The average molecular weight is 517 g/mol. The largest absolute Gasteiger partial charge is 0.411 e. The van der Waals surface area contributed by atoms with E-state index in [1.165, 1.54) is 16.7 Å². The van der Waals surface area contributed by atoms with Gasteiger partial charge in [-0.3, -0.25) is 4.79 Å². The molecule has 1 aliphatic heterocycles. The van der Waals surface area contributed by atoms with Gasteiger partial charge in [-0.25, -0.2) is 0 Å². The second-order valence-electron chi connectivity index (χ2n) is 12.4. The Morgan fingerprint density at radius 3 is 2.51 bits per heavy atom. The molecule has 2 aliphatic rings. The molecule has 0 saturated heterocycles. The minimum Gasteiger partial charge on any atom is -0.411 e. The average Bonchev–Trinajstić information content (AvgIpc) is 2.85. The number of aryl methyl sites for hydroxylation is 1. The van der Waals surface area contributed by atoms with Crippen LogP contribution in [0.2, 0.25) is 19.6 Å². The van der Waals surface area contributed by atoms with E-state index in [0.717, 1.165) is 49.0 Å². The zero-order valence-electron chi connectivity index (χ0n) is 23.6. The predicted molar refractivity (Wildman–Crippen MR) is 158 cm³/mol. The first-order chi connectivity index (χ1) is 17.5. The summed E-state index contributed by atoms with van der Waals surface area (Å²) in [4.78, 5) is 16.0. The van der Waals surface area contributed by atoms with Crippen molar-refractivity contribution in [3.05, 3.63) is 88.5 Å². The number of hydrogen-bond acceptors (Lipinski definition) is 3. The number of fused-ring (bicyclic) bond motifs is 1. The molecule has 1 unspecified atom stereocenters.